The quantitative estimate of drug-likeness (QED) is 0.906. The third kappa shape index (κ3) is 2.62. The van der Waals surface area contributed by atoms with E-state index in [1.54, 1.807) is 0 Å². The van der Waals surface area contributed by atoms with Gasteiger partial charge in [-0.1, -0.05) is 12.8 Å². The summed E-state index contributed by atoms with van der Waals surface area (Å²) in [5, 5.41) is 0. The Bertz CT molecular complexity index is 407. The minimum Gasteiger partial charge on any atom is -0.367 e. The van der Waals surface area contributed by atoms with E-state index in [4.69, 9.17) is 5.73 Å². The molecule has 1 aliphatic heterocycles. The van der Waals surface area contributed by atoms with Crippen LogP contribution >= 0.6 is 0 Å². The van der Waals surface area contributed by atoms with E-state index < -0.39 is 0 Å². The topological polar surface area (TPSA) is 42.1 Å². The van der Waals surface area contributed by atoms with E-state index in [9.17, 15) is 0 Å². The van der Waals surface area contributed by atoms with Gasteiger partial charge < -0.3 is 10.6 Å². The second-order valence-electron chi connectivity index (χ2n) is 6.18. The fraction of sp³-hybridized carbons (Fsp3) is 0.688. The Morgan fingerprint density at radius 2 is 2.00 bits per heavy atom. The SMILES string of the molecule is CC(N)c1ccc(N2CCCC2C2CCCC2)cn1. The van der Waals surface area contributed by atoms with Gasteiger partial charge in [-0.15, -0.1) is 0 Å². The van der Waals surface area contributed by atoms with E-state index in [0.29, 0.717) is 0 Å². The van der Waals surface area contributed by atoms with Gasteiger partial charge in [0.15, 0.2) is 0 Å². The zero-order valence-corrected chi connectivity index (χ0v) is 11.9. The Hall–Kier alpha value is -1.09. The monoisotopic (exact) mass is 259 g/mol. The smallest absolute Gasteiger partial charge is 0.0569 e. The third-order valence-electron chi connectivity index (χ3n) is 4.81. The van der Waals surface area contributed by atoms with Crippen LogP contribution in [-0.2, 0) is 0 Å². The molecule has 1 aromatic heterocycles. The van der Waals surface area contributed by atoms with Crippen molar-refractivity contribution in [3.63, 3.8) is 0 Å². The first-order valence-corrected chi connectivity index (χ1v) is 7.74. The Morgan fingerprint density at radius 3 is 2.63 bits per heavy atom. The van der Waals surface area contributed by atoms with Crippen LogP contribution in [0.1, 0.15) is 57.2 Å². The second-order valence-corrected chi connectivity index (χ2v) is 6.18. The van der Waals surface area contributed by atoms with Gasteiger partial charge in [-0.3, -0.25) is 4.98 Å². The van der Waals surface area contributed by atoms with Crippen LogP contribution in [0, 0.1) is 5.92 Å². The average molecular weight is 259 g/mol. The van der Waals surface area contributed by atoms with Gasteiger partial charge in [0.1, 0.15) is 0 Å². The first kappa shape index (κ1) is 12.9. The summed E-state index contributed by atoms with van der Waals surface area (Å²) in [5.41, 5.74) is 8.14. The van der Waals surface area contributed by atoms with E-state index in [0.717, 1.165) is 17.7 Å². The number of hydrogen-bond donors (Lipinski definition) is 1. The molecule has 3 nitrogen and oxygen atoms in total. The Kier molecular flexibility index (Phi) is 3.74. The highest BCUT2D eigenvalue weighted by molar-refractivity contribution is 5.47. The van der Waals surface area contributed by atoms with Crippen LogP contribution in [0.2, 0.25) is 0 Å². The van der Waals surface area contributed by atoms with Crippen LogP contribution in [0.4, 0.5) is 5.69 Å². The molecule has 2 heterocycles. The molecule has 0 aromatic carbocycles. The molecule has 104 valence electrons. The number of hydrogen-bond acceptors (Lipinski definition) is 3. The van der Waals surface area contributed by atoms with Crippen molar-refractivity contribution in [2.45, 2.75) is 57.5 Å². The van der Waals surface area contributed by atoms with Gasteiger partial charge in [-0.25, -0.2) is 0 Å². The summed E-state index contributed by atoms with van der Waals surface area (Å²) in [6, 6.07) is 5.08. The van der Waals surface area contributed by atoms with Crippen LogP contribution in [0.3, 0.4) is 0 Å². The lowest BCUT2D eigenvalue weighted by Crippen LogP contribution is -2.34. The minimum atomic E-state index is 0.0262. The molecular formula is C16H25N3. The molecule has 0 amide bonds. The van der Waals surface area contributed by atoms with Crippen molar-refractivity contribution in [1.29, 1.82) is 0 Å². The van der Waals surface area contributed by atoms with Crippen molar-refractivity contribution < 1.29 is 0 Å². The average Bonchev–Trinajstić information content (AvgIpc) is 3.09. The lowest BCUT2D eigenvalue weighted by atomic mass is 9.96. The molecule has 2 fully saturated rings. The lowest BCUT2D eigenvalue weighted by Gasteiger charge is -2.31. The third-order valence-corrected chi connectivity index (χ3v) is 4.81. The molecule has 0 radical (unpaired) electrons. The number of rotatable bonds is 3. The van der Waals surface area contributed by atoms with Crippen LogP contribution in [0.5, 0.6) is 0 Å². The maximum Gasteiger partial charge on any atom is 0.0569 e. The van der Waals surface area contributed by atoms with Crippen molar-refractivity contribution in [3.05, 3.63) is 24.0 Å². The zero-order valence-electron chi connectivity index (χ0n) is 11.9. The molecule has 1 aromatic rings. The molecular weight excluding hydrogens is 234 g/mol. The Balaban J connectivity index is 1.76. The summed E-state index contributed by atoms with van der Waals surface area (Å²) >= 11 is 0. The van der Waals surface area contributed by atoms with Gasteiger partial charge >= 0.3 is 0 Å². The number of anilines is 1. The van der Waals surface area contributed by atoms with Crippen molar-refractivity contribution in [3.8, 4) is 0 Å². The second kappa shape index (κ2) is 5.49. The van der Waals surface area contributed by atoms with Crippen molar-refractivity contribution in [2.24, 2.45) is 11.7 Å². The van der Waals surface area contributed by atoms with Crippen LogP contribution in [-0.4, -0.2) is 17.6 Å². The summed E-state index contributed by atoms with van der Waals surface area (Å²) in [6.45, 7) is 3.18. The number of nitrogens with zero attached hydrogens (tertiary/aromatic N) is 2. The van der Waals surface area contributed by atoms with Gasteiger partial charge in [-0.05, 0) is 50.7 Å². The molecule has 2 aliphatic rings. The molecule has 3 heteroatoms. The summed E-state index contributed by atoms with van der Waals surface area (Å²) in [5.74, 6) is 0.913. The van der Waals surface area contributed by atoms with Crippen molar-refractivity contribution in [1.82, 2.24) is 4.98 Å². The highest BCUT2D eigenvalue weighted by Crippen LogP contribution is 2.37. The first-order chi connectivity index (χ1) is 9.25. The van der Waals surface area contributed by atoms with E-state index in [1.807, 2.05) is 13.1 Å². The number of pyridine rings is 1. The highest BCUT2D eigenvalue weighted by Gasteiger charge is 2.33. The van der Waals surface area contributed by atoms with Crippen molar-refractivity contribution >= 4 is 5.69 Å². The largest absolute Gasteiger partial charge is 0.367 e. The van der Waals surface area contributed by atoms with Gasteiger partial charge in [0.25, 0.3) is 0 Å². The lowest BCUT2D eigenvalue weighted by molar-refractivity contribution is 0.430. The molecule has 2 atom stereocenters. The minimum absolute atomic E-state index is 0.0262. The molecule has 1 saturated heterocycles. The fourth-order valence-electron chi connectivity index (χ4n) is 3.78. The highest BCUT2D eigenvalue weighted by atomic mass is 15.2. The maximum absolute atomic E-state index is 5.87. The number of nitrogens with two attached hydrogens (primary N) is 1. The molecule has 19 heavy (non-hydrogen) atoms. The van der Waals surface area contributed by atoms with Crippen LogP contribution in [0.15, 0.2) is 18.3 Å². The molecule has 0 spiro atoms. The van der Waals surface area contributed by atoms with Crippen LogP contribution in [0.25, 0.3) is 0 Å². The van der Waals surface area contributed by atoms with Gasteiger partial charge in [0.05, 0.1) is 17.6 Å². The normalized spacial score (nSPS) is 26.0. The van der Waals surface area contributed by atoms with Gasteiger partial charge in [0.2, 0.25) is 0 Å². The molecule has 3 rings (SSSR count). The van der Waals surface area contributed by atoms with E-state index >= 15 is 0 Å². The summed E-state index contributed by atoms with van der Waals surface area (Å²) in [7, 11) is 0. The fourth-order valence-corrected chi connectivity index (χ4v) is 3.78. The van der Waals surface area contributed by atoms with Crippen LogP contribution < -0.4 is 10.6 Å². The summed E-state index contributed by atoms with van der Waals surface area (Å²) < 4.78 is 0. The Morgan fingerprint density at radius 1 is 1.21 bits per heavy atom. The molecule has 2 unspecified atom stereocenters. The molecule has 2 N–H and O–H groups in total. The van der Waals surface area contributed by atoms with Crippen molar-refractivity contribution in [2.75, 3.05) is 11.4 Å². The predicted molar refractivity (Wildman–Crippen MR) is 79.2 cm³/mol. The van der Waals surface area contributed by atoms with E-state index in [-0.39, 0.29) is 6.04 Å². The maximum atomic E-state index is 5.87. The molecule has 1 aliphatic carbocycles. The molecule has 0 bridgehead atoms. The number of aromatic nitrogens is 1. The van der Waals surface area contributed by atoms with Gasteiger partial charge in [0, 0.05) is 18.6 Å². The summed E-state index contributed by atoms with van der Waals surface area (Å²) in [6.07, 6.45) is 10.4. The summed E-state index contributed by atoms with van der Waals surface area (Å²) in [4.78, 5) is 7.11. The Labute approximate surface area is 116 Å². The first-order valence-electron chi connectivity index (χ1n) is 7.74. The van der Waals surface area contributed by atoms with Gasteiger partial charge in [-0.2, -0.15) is 0 Å². The standard InChI is InChI=1S/C16H25N3/c1-12(17)15-9-8-14(11-18-15)19-10-4-7-16(19)13-5-2-3-6-13/h8-9,11-13,16H,2-7,10,17H2,1H3. The molecule has 1 saturated carbocycles. The van der Waals surface area contributed by atoms with E-state index in [2.05, 4.69) is 22.0 Å². The zero-order chi connectivity index (χ0) is 13.2. The van der Waals surface area contributed by atoms with E-state index in [1.165, 1.54) is 50.8 Å². The predicted octanol–water partition coefficient (Wildman–Crippen LogP) is 3.26.